The highest BCUT2D eigenvalue weighted by molar-refractivity contribution is 6.32. The molecule has 1 unspecified atom stereocenters. The quantitative estimate of drug-likeness (QED) is 0.322. The van der Waals surface area contributed by atoms with Gasteiger partial charge in [0.15, 0.2) is 5.54 Å². The number of fused-ring (bicyclic) bond motifs is 2. The molecule has 1 fully saturated rings. The Bertz CT molecular complexity index is 1690. The van der Waals surface area contributed by atoms with E-state index in [1.165, 1.54) is 6.92 Å². The topological polar surface area (TPSA) is 74.7 Å². The fraction of sp³-hybridized carbons (Fsp3) is 0.233. The summed E-state index contributed by atoms with van der Waals surface area (Å²) < 4.78 is 1.82. The number of piperazine rings is 1. The van der Waals surface area contributed by atoms with Crippen molar-refractivity contribution in [2.24, 2.45) is 0 Å². The number of carbonyl (C=O) groups excluding carboxylic acids is 3. The number of hydrogen-bond acceptors (Lipinski definition) is 3. The van der Waals surface area contributed by atoms with Gasteiger partial charge in [-0.2, -0.15) is 0 Å². The summed E-state index contributed by atoms with van der Waals surface area (Å²) in [6.45, 7) is 3.20. The average Bonchev–Trinajstić information content (AvgIpc) is 3.42. The standard InChI is InChI=1S/C30H25Cl3N4O3/c1-18(38)35-9-11-36(12-10-35)28(39)27-14-20-5-6-23(33)16-26(20)37(27)30(17-19-3-2-4-21(31)13-19)24-8-7-22(32)15-25(24)34-29(30)40/h2-8,13-16H,9-12,17H2,1H3,(H,34,40). The third-order valence-electron chi connectivity index (χ3n) is 7.78. The fourth-order valence-corrected chi connectivity index (χ4v) is 6.43. The molecule has 7 nitrogen and oxygen atoms in total. The molecule has 1 atom stereocenters. The number of nitrogens with zero attached hydrogens (tertiary/aromatic N) is 3. The average molecular weight is 596 g/mol. The molecule has 0 radical (unpaired) electrons. The molecular weight excluding hydrogens is 571 g/mol. The van der Waals surface area contributed by atoms with Crippen molar-refractivity contribution in [3.63, 3.8) is 0 Å². The highest BCUT2D eigenvalue weighted by atomic mass is 35.5. The van der Waals surface area contributed by atoms with Crippen LogP contribution >= 0.6 is 34.8 Å². The predicted octanol–water partition coefficient (Wildman–Crippen LogP) is 5.84. The monoisotopic (exact) mass is 594 g/mol. The number of nitrogens with one attached hydrogen (secondary N) is 1. The molecule has 40 heavy (non-hydrogen) atoms. The highest BCUT2D eigenvalue weighted by Gasteiger charge is 2.51. The van der Waals surface area contributed by atoms with Crippen LogP contribution in [0.3, 0.4) is 0 Å². The van der Waals surface area contributed by atoms with Gasteiger partial charge in [-0.25, -0.2) is 0 Å². The molecule has 0 spiro atoms. The minimum Gasteiger partial charge on any atom is -0.339 e. The van der Waals surface area contributed by atoms with E-state index < -0.39 is 5.54 Å². The first-order chi connectivity index (χ1) is 19.2. The lowest BCUT2D eigenvalue weighted by Crippen LogP contribution is -2.51. The van der Waals surface area contributed by atoms with Gasteiger partial charge in [-0.05, 0) is 48.0 Å². The molecule has 1 N–H and O–H groups in total. The van der Waals surface area contributed by atoms with E-state index in [4.69, 9.17) is 34.8 Å². The Kier molecular flexibility index (Phi) is 6.77. The highest BCUT2D eigenvalue weighted by Crippen LogP contribution is 2.46. The van der Waals surface area contributed by atoms with Crippen molar-refractivity contribution < 1.29 is 14.4 Å². The number of amides is 3. The number of anilines is 1. The second-order valence-electron chi connectivity index (χ2n) is 10.2. The molecule has 3 heterocycles. The Hall–Kier alpha value is -3.52. The predicted molar refractivity (Wildman–Crippen MR) is 157 cm³/mol. The lowest BCUT2D eigenvalue weighted by atomic mass is 9.83. The van der Waals surface area contributed by atoms with Crippen LogP contribution in [0.25, 0.3) is 10.9 Å². The maximum absolute atomic E-state index is 14.2. The summed E-state index contributed by atoms with van der Waals surface area (Å²) in [5.74, 6) is -0.539. The van der Waals surface area contributed by atoms with Gasteiger partial charge in [-0.15, -0.1) is 0 Å². The van der Waals surface area contributed by atoms with E-state index in [2.05, 4.69) is 5.32 Å². The SMILES string of the molecule is CC(=O)N1CCN(C(=O)c2cc3ccc(Cl)cc3n2C2(Cc3cccc(Cl)c3)C(=O)Nc3cc(Cl)ccc32)CC1. The molecule has 0 aliphatic carbocycles. The maximum Gasteiger partial charge on any atom is 0.270 e. The zero-order chi connectivity index (χ0) is 28.2. The van der Waals surface area contributed by atoms with Crippen molar-refractivity contribution in [2.45, 2.75) is 18.9 Å². The van der Waals surface area contributed by atoms with Crippen LogP contribution in [0.5, 0.6) is 0 Å². The summed E-state index contributed by atoms with van der Waals surface area (Å²) in [7, 11) is 0. The number of carbonyl (C=O) groups is 3. The zero-order valence-corrected chi connectivity index (χ0v) is 23.9. The zero-order valence-electron chi connectivity index (χ0n) is 21.6. The molecule has 4 aromatic rings. The summed E-state index contributed by atoms with van der Waals surface area (Å²) in [4.78, 5) is 43.8. The molecule has 204 valence electrons. The van der Waals surface area contributed by atoms with E-state index >= 15 is 0 Å². The summed E-state index contributed by atoms with van der Waals surface area (Å²) in [6, 6.07) is 19.9. The Morgan fingerprint density at radius 3 is 2.25 bits per heavy atom. The van der Waals surface area contributed by atoms with Gasteiger partial charge in [0.2, 0.25) is 5.91 Å². The van der Waals surface area contributed by atoms with Crippen LogP contribution in [0.1, 0.15) is 28.5 Å². The third-order valence-corrected chi connectivity index (χ3v) is 8.48. The van der Waals surface area contributed by atoms with E-state index in [1.807, 2.05) is 41.0 Å². The van der Waals surface area contributed by atoms with Crippen LogP contribution < -0.4 is 5.32 Å². The molecule has 2 aliphatic heterocycles. The van der Waals surface area contributed by atoms with Gasteiger partial charge in [0.05, 0.1) is 5.52 Å². The lowest BCUT2D eigenvalue weighted by Gasteiger charge is -2.36. The molecule has 0 bridgehead atoms. The second kappa shape index (κ2) is 10.1. The van der Waals surface area contributed by atoms with Gasteiger partial charge in [0, 0.05) is 71.2 Å². The first kappa shape index (κ1) is 26.7. The van der Waals surface area contributed by atoms with Gasteiger partial charge in [-0.3, -0.25) is 14.4 Å². The lowest BCUT2D eigenvalue weighted by molar-refractivity contribution is -0.130. The summed E-state index contributed by atoms with van der Waals surface area (Å²) in [6.07, 6.45) is 0.225. The van der Waals surface area contributed by atoms with Crippen molar-refractivity contribution in [3.8, 4) is 0 Å². The van der Waals surface area contributed by atoms with Crippen LogP contribution in [-0.4, -0.2) is 58.3 Å². The van der Waals surface area contributed by atoms with Gasteiger partial charge in [-0.1, -0.05) is 59.1 Å². The minimum atomic E-state index is -1.34. The Morgan fingerprint density at radius 1 is 0.850 bits per heavy atom. The maximum atomic E-state index is 14.2. The van der Waals surface area contributed by atoms with E-state index in [1.54, 1.807) is 40.1 Å². The van der Waals surface area contributed by atoms with Gasteiger partial charge < -0.3 is 19.7 Å². The van der Waals surface area contributed by atoms with Crippen molar-refractivity contribution >= 4 is 69.1 Å². The molecule has 10 heteroatoms. The number of halogens is 3. The third kappa shape index (κ3) is 4.42. The largest absolute Gasteiger partial charge is 0.339 e. The molecule has 3 aromatic carbocycles. The van der Waals surface area contributed by atoms with Crippen LogP contribution in [0.2, 0.25) is 15.1 Å². The smallest absolute Gasteiger partial charge is 0.270 e. The summed E-state index contributed by atoms with van der Waals surface area (Å²) >= 11 is 19.2. The number of hydrogen-bond donors (Lipinski definition) is 1. The Morgan fingerprint density at radius 2 is 1.52 bits per heavy atom. The number of rotatable bonds is 4. The van der Waals surface area contributed by atoms with Crippen LogP contribution in [0, 0.1) is 0 Å². The van der Waals surface area contributed by atoms with E-state index in [-0.39, 0.29) is 24.1 Å². The minimum absolute atomic E-state index is 0.0192. The van der Waals surface area contributed by atoms with E-state index in [0.717, 1.165) is 10.9 Å². The van der Waals surface area contributed by atoms with Crippen molar-refractivity contribution in [1.29, 1.82) is 0 Å². The molecule has 2 aliphatic rings. The van der Waals surface area contributed by atoms with Gasteiger partial charge >= 0.3 is 0 Å². The summed E-state index contributed by atoms with van der Waals surface area (Å²) in [5.41, 5.74) is 1.75. The van der Waals surface area contributed by atoms with E-state index in [0.29, 0.717) is 63.7 Å². The molecule has 3 amide bonds. The van der Waals surface area contributed by atoms with Crippen LogP contribution in [-0.2, 0) is 21.5 Å². The first-order valence-electron chi connectivity index (χ1n) is 12.9. The van der Waals surface area contributed by atoms with Crippen molar-refractivity contribution in [3.05, 3.63) is 98.6 Å². The summed E-state index contributed by atoms with van der Waals surface area (Å²) in [5, 5.41) is 5.30. The Labute approximate surface area is 246 Å². The normalized spacial score (nSPS) is 18.6. The van der Waals surface area contributed by atoms with E-state index in [9.17, 15) is 14.4 Å². The molecule has 0 saturated carbocycles. The molecule has 1 saturated heterocycles. The van der Waals surface area contributed by atoms with Crippen molar-refractivity contribution in [1.82, 2.24) is 14.4 Å². The van der Waals surface area contributed by atoms with Crippen LogP contribution in [0.4, 0.5) is 5.69 Å². The number of benzene rings is 3. The molecular formula is C30H25Cl3N4O3. The molecule has 6 rings (SSSR count). The van der Waals surface area contributed by atoms with Gasteiger partial charge in [0.1, 0.15) is 5.69 Å². The first-order valence-corrected chi connectivity index (χ1v) is 14.0. The van der Waals surface area contributed by atoms with Crippen molar-refractivity contribution in [2.75, 3.05) is 31.5 Å². The number of aromatic nitrogens is 1. The second-order valence-corrected chi connectivity index (χ2v) is 11.5. The van der Waals surface area contributed by atoms with Crippen LogP contribution in [0.15, 0.2) is 66.7 Å². The van der Waals surface area contributed by atoms with Gasteiger partial charge in [0.25, 0.3) is 11.8 Å². The molecule has 1 aromatic heterocycles. The fourth-order valence-electron chi connectivity index (χ4n) is 5.88. The Balaban J connectivity index is 1.59.